The number of para-hydroxylation sites is 1. The third-order valence-corrected chi connectivity index (χ3v) is 3.58. The van der Waals surface area contributed by atoms with Crippen molar-refractivity contribution in [3.05, 3.63) is 36.0 Å². The molecule has 0 spiro atoms. The Morgan fingerprint density at radius 3 is 2.84 bits per heavy atom. The van der Waals surface area contributed by atoms with Crippen molar-refractivity contribution in [1.29, 1.82) is 0 Å². The van der Waals surface area contributed by atoms with Crippen molar-refractivity contribution in [2.24, 2.45) is 0 Å². The van der Waals surface area contributed by atoms with E-state index in [2.05, 4.69) is 0 Å². The van der Waals surface area contributed by atoms with E-state index in [9.17, 15) is 9.59 Å². The molecule has 4 nitrogen and oxygen atoms in total. The Morgan fingerprint density at radius 1 is 1.42 bits per heavy atom. The normalized spacial score (nSPS) is 16.3. The Labute approximate surface area is 111 Å². The molecule has 4 heteroatoms. The van der Waals surface area contributed by atoms with E-state index in [1.54, 1.807) is 0 Å². The molecule has 0 unspecified atom stereocenters. The first-order valence-corrected chi connectivity index (χ1v) is 6.37. The summed E-state index contributed by atoms with van der Waals surface area (Å²) in [6.07, 6.45) is 2.03. The second kappa shape index (κ2) is 4.23. The number of benzene rings is 1. The van der Waals surface area contributed by atoms with Crippen molar-refractivity contribution >= 4 is 23.2 Å². The van der Waals surface area contributed by atoms with Gasteiger partial charge in [-0.2, -0.15) is 0 Å². The molecule has 0 radical (unpaired) electrons. The van der Waals surface area contributed by atoms with Crippen LogP contribution in [0.2, 0.25) is 0 Å². The van der Waals surface area contributed by atoms with Crippen molar-refractivity contribution < 1.29 is 14.3 Å². The lowest BCUT2D eigenvalue weighted by atomic mass is 10.2. The number of carbonyl (C=O) groups excluding carboxylic acids is 2. The van der Waals surface area contributed by atoms with Crippen molar-refractivity contribution in [1.82, 2.24) is 4.57 Å². The highest BCUT2D eigenvalue weighted by molar-refractivity contribution is 5.84. The maximum Gasteiger partial charge on any atom is 0.326 e. The van der Waals surface area contributed by atoms with Crippen LogP contribution in [0.1, 0.15) is 18.5 Å². The third-order valence-electron chi connectivity index (χ3n) is 3.58. The highest BCUT2D eigenvalue weighted by Crippen LogP contribution is 2.37. The second-order valence-electron chi connectivity index (χ2n) is 5.09. The zero-order valence-electron chi connectivity index (χ0n) is 10.8. The number of carbonyl (C=O) groups is 2. The molecule has 1 heterocycles. The molecule has 98 valence electrons. The molecule has 3 rings (SSSR count). The molecular formula is C15H15NO3. The minimum absolute atomic E-state index is 0.148. The van der Waals surface area contributed by atoms with Crippen LogP contribution in [0.15, 0.2) is 30.3 Å². The molecule has 1 saturated carbocycles. The molecule has 0 atom stereocenters. The fourth-order valence-electron chi connectivity index (χ4n) is 2.31. The smallest absolute Gasteiger partial charge is 0.326 e. The molecule has 0 amide bonds. The molecule has 1 fully saturated rings. The molecule has 2 aromatic rings. The van der Waals surface area contributed by atoms with Gasteiger partial charge < -0.3 is 9.30 Å². The average molecular weight is 257 g/mol. The van der Waals surface area contributed by atoms with Crippen molar-refractivity contribution in [3.63, 3.8) is 0 Å². The quantitative estimate of drug-likeness (QED) is 0.623. The van der Waals surface area contributed by atoms with Crippen LogP contribution in [0.3, 0.4) is 0 Å². The first-order chi connectivity index (χ1) is 9.13. The molecule has 0 N–H and O–H groups in total. The van der Waals surface area contributed by atoms with Gasteiger partial charge in [-0.15, -0.1) is 0 Å². The monoisotopic (exact) mass is 257 g/mol. The summed E-state index contributed by atoms with van der Waals surface area (Å²) in [7, 11) is 0. The van der Waals surface area contributed by atoms with Crippen LogP contribution in [0.25, 0.3) is 10.9 Å². The van der Waals surface area contributed by atoms with Crippen molar-refractivity contribution in [2.75, 3.05) is 0 Å². The van der Waals surface area contributed by atoms with E-state index in [1.807, 2.05) is 41.8 Å². The summed E-state index contributed by atoms with van der Waals surface area (Å²) in [6, 6.07) is 9.93. The molecule has 0 saturated heterocycles. The Hall–Kier alpha value is -2.10. The topological polar surface area (TPSA) is 48.3 Å². The molecule has 1 aromatic heterocycles. The van der Waals surface area contributed by atoms with Crippen LogP contribution in [0.4, 0.5) is 0 Å². The van der Waals surface area contributed by atoms with Crippen LogP contribution < -0.4 is 0 Å². The maximum absolute atomic E-state index is 11.9. The number of hydrogen-bond donors (Lipinski definition) is 0. The number of esters is 1. The summed E-state index contributed by atoms with van der Waals surface area (Å²) in [5, 5.41) is 1.10. The van der Waals surface area contributed by atoms with Gasteiger partial charge in [0.2, 0.25) is 0 Å². The van der Waals surface area contributed by atoms with Crippen molar-refractivity contribution in [3.8, 4) is 0 Å². The number of aryl methyl sites for hydroxylation is 1. The van der Waals surface area contributed by atoms with Gasteiger partial charge in [-0.25, -0.2) is 0 Å². The zero-order chi connectivity index (χ0) is 13.5. The number of rotatable bonds is 4. The second-order valence-corrected chi connectivity index (χ2v) is 5.09. The molecule has 1 aliphatic carbocycles. The Balaban J connectivity index is 1.83. The Morgan fingerprint density at radius 2 is 2.16 bits per heavy atom. The largest absolute Gasteiger partial charge is 0.450 e. The highest BCUT2D eigenvalue weighted by Gasteiger charge is 2.47. The van der Waals surface area contributed by atoms with E-state index in [0.29, 0.717) is 12.8 Å². The van der Waals surface area contributed by atoms with Gasteiger partial charge in [-0.1, -0.05) is 18.2 Å². The first-order valence-electron chi connectivity index (χ1n) is 6.37. The van der Waals surface area contributed by atoms with Gasteiger partial charge in [0.1, 0.15) is 6.54 Å². The predicted molar refractivity (Wildman–Crippen MR) is 70.8 cm³/mol. The minimum Gasteiger partial charge on any atom is -0.450 e. The lowest BCUT2D eigenvalue weighted by molar-refractivity contribution is -0.154. The molecular weight excluding hydrogens is 242 g/mol. The number of aldehydes is 1. The fourth-order valence-corrected chi connectivity index (χ4v) is 2.31. The lowest BCUT2D eigenvalue weighted by Crippen LogP contribution is -2.24. The summed E-state index contributed by atoms with van der Waals surface area (Å²) in [4.78, 5) is 22.7. The molecule has 0 bridgehead atoms. The molecule has 19 heavy (non-hydrogen) atoms. The standard InChI is InChI=1S/C15H15NO3/c1-11-8-12-4-2-3-5-13(12)16(11)9-14(18)19-15(10-17)6-7-15/h2-5,8,10H,6-7,9H2,1H3. The first kappa shape index (κ1) is 12.0. The lowest BCUT2D eigenvalue weighted by Gasteiger charge is -2.12. The Kier molecular flexibility index (Phi) is 2.66. The van der Waals surface area contributed by atoms with Crippen molar-refractivity contribution in [2.45, 2.75) is 31.9 Å². The highest BCUT2D eigenvalue weighted by atomic mass is 16.6. The maximum atomic E-state index is 11.9. The van der Waals surface area contributed by atoms with E-state index < -0.39 is 5.60 Å². The van der Waals surface area contributed by atoms with E-state index in [-0.39, 0.29) is 12.5 Å². The van der Waals surface area contributed by atoms with E-state index in [1.165, 1.54) is 0 Å². The van der Waals surface area contributed by atoms with Gasteiger partial charge in [0, 0.05) is 11.2 Å². The van der Waals surface area contributed by atoms with E-state index in [4.69, 9.17) is 4.74 Å². The van der Waals surface area contributed by atoms with Gasteiger partial charge in [-0.05, 0) is 37.3 Å². The van der Waals surface area contributed by atoms with Gasteiger partial charge >= 0.3 is 5.97 Å². The van der Waals surface area contributed by atoms with Crippen LogP contribution in [-0.2, 0) is 20.9 Å². The fraction of sp³-hybridized carbons (Fsp3) is 0.333. The summed E-state index contributed by atoms with van der Waals surface area (Å²) in [5.74, 6) is -0.353. The molecule has 1 aromatic carbocycles. The SMILES string of the molecule is Cc1cc2ccccc2n1CC(=O)OC1(C=O)CC1. The summed E-state index contributed by atoms with van der Waals surface area (Å²) >= 11 is 0. The van der Waals surface area contributed by atoms with Gasteiger partial charge in [0.25, 0.3) is 0 Å². The number of aromatic nitrogens is 1. The number of nitrogens with zero attached hydrogens (tertiary/aromatic N) is 1. The van der Waals surface area contributed by atoms with Gasteiger partial charge in [0.15, 0.2) is 11.9 Å². The summed E-state index contributed by atoms with van der Waals surface area (Å²) in [5.41, 5.74) is 1.19. The van der Waals surface area contributed by atoms with Crippen LogP contribution >= 0.6 is 0 Å². The molecule has 1 aliphatic rings. The summed E-state index contributed by atoms with van der Waals surface area (Å²) in [6.45, 7) is 2.11. The zero-order valence-corrected chi connectivity index (χ0v) is 10.8. The van der Waals surface area contributed by atoms with Gasteiger partial charge in [-0.3, -0.25) is 9.59 Å². The number of ether oxygens (including phenoxy) is 1. The summed E-state index contributed by atoms with van der Waals surface area (Å²) < 4.78 is 7.16. The third kappa shape index (κ3) is 2.14. The van der Waals surface area contributed by atoms with Crippen LogP contribution in [-0.4, -0.2) is 22.4 Å². The number of fused-ring (bicyclic) bond motifs is 1. The molecule has 0 aliphatic heterocycles. The minimum atomic E-state index is -0.825. The predicted octanol–water partition coefficient (Wildman–Crippen LogP) is 2.22. The van der Waals surface area contributed by atoms with Crippen LogP contribution in [0.5, 0.6) is 0 Å². The average Bonchev–Trinajstić information content (AvgIpc) is 3.10. The van der Waals surface area contributed by atoms with Crippen LogP contribution in [0, 0.1) is 6.92 Å². The van der Waals surface area contributed by atoms with E-state index >= 15 is 0 Å². The Bertz CT molecular complexity index is 652. The van der Waals surface area contributed by atoms with E-state index in [0.717, 1.165) is 22.9 Å². The van der Waals surface area contributed by atoms with Gasteiger partial charge in [0.05, 0.1) is 0 Å². The number of hydrogen-bond acceptors (Lipinski definition) is 3.